The number of hydrogen-bond donors (Lipinski definition) is 2. The molecule has 3 rings (SSSR count). The number of aromatic nitrogens is 2. The molecule has 0 fully saturated rings. The Balaban J connectivity index is 1.69. The number of nitrogens with one attached hydrogen (secondary N) is 1. The smallest absolute Gasteiger partial charge is 0.261 e. The van der Waals surface area contributed by atoms with E-state index in [4.69, 9.17) is 10.5 Å². The second-order valence-corrected chi connectivity index (χ2v) is 7.30. The molecule has 1 aromatic carbocycles. The molecule has 7 nitrogen and oxygen atoms in total. The summed E-state index contributed by atoms with van der Waals surface area (Å²) >= 11 is 2.78. The second-order valence-electron chi connectivity index (χ2n) is 5.38. The predicted octanol–water partition coefficient (Wildman–Crippen LogP) is 2.77. The van der Waals surface area contributed by atoms with Crippen molar-refractivity contribution < 1.29 is 14.3 Å². The Kier molecular flexibility index (Phi) is 5.59. The molecule has 0 aliphatic carbocycles. The van der Waals surface area contributed by atoms with E-state index < -0.39 is 5.91 Å². The molecule has 9 heteroatoms. The Labute approximate surface area is 157 Å². The molecule has 0 aliphatic heterocycles. The summed E-state index contributed by atoms with van der Waals surface area (Å²) in [4.78, 5) is 32.0. The van der Waals surface area contributed by atoms with Crippen molar-refractivity contribution in [2.45, 2.75) is 20.0 Å². The van der Waals surface area contributed by atoms with Crippen molar-refractivity contribution in [2.75, 3.05) is 5.32 Å². The van der Waals surface area contributed by atoms with Crippen molar-refractivity contribution in [1.29, 1.82) is 0 Å². The Hall–Kier alpha value is -2.78. The Morgan fingerprint density at radius 2 is 1.92 bits per heavy atom. The fourth-order valence-electron chi connectivity index (χ4n) is 2.19. The fraction of sp³-hybridized carbons (Fsp3) is 0.176. The van der Waals surface area contributed by atoms with Gasteiger partial charge in [0.2, 0.25) is 5.91 Å². The average molecular weight is 388 g/mol. The monoisotopic (exact) mass is 388 g/mol. The lowest BCUT2D eigenvalue weighted by atomic mass is 10.2. The molecule has 0 saturated carbocycles. The number of thiazole rings is 2. The number of carbonyl (C=O) groups is 2. The number of primary amides is 1. The molecule has 2 amide bonds. The number of amides is 2. The molecule has 0 saturated heterocycles. The Morgan fingerprint density at radius 3 is 2.65 bits per heavy atom. The van der Waals surface area contributed by atoms with E-state index in [1.54, 1.807) is 41.0 Å². The molecular weight excluding hydrogens is 372 g/mol. The second kappa shape index (κ2) is 8.07. The van der Waals surface area contributed by atoms with E-state index in [0.29, 0.717) is 22.1 Å². The van der Waals surface area contributed by atoms with E-state index in [1.165, 1.54) is 11.3 Å². The fourth-order valence-corrected chi connectivity index (χ4v) is 3.50. The van der Waals surface area contributed by atoms with Crippen LogP contribution in [-0.2, 0) is 17.8 Å². The van der Waals surface area contributed by atoms with Crippen LogP contribution in [0.25, 0.3) is 0 Å². The van der Waals surface area contributed by atoms with Crippen LogP contribution in [0, 0.1) is 6.92 Å². The van der Waals surface area contributed by atoms with Gasteiger partial charge >= 0.3 is 0 Å². The van der Waals surface area contributed by atoms with E-state index in [9.17, 15) is 9.59 Å². The number of nitrogens with two attached hydrogens (primary N) is 1. The van der Waals surface area contributed by atoms with Crippen LogP contribution >= 0.6 is 22.7 Å². The third kappa shape index (κ3) is 4.64. The SMILES string of the molecule is Cc1nc(COc2ccccc2C(=O)Nc2nc(CC(N)=O)cs2)cs1. The zero-order valence-electron chi connectivity index (χ0n) is 13.9. The highest BCUT2D eigenvalue weighted by Crippen LogP contribution is 2.23. The molecule has 3 N–H and O–H groups in total. The van der Waals surface area contributed by atoms with Crippen LogP contribution < -0.4 is 15.8 Å². The number of carbonyl (C=O) groups excluding carboxylic acids is 2. The number of nitrogens with zero attached hydrogens (tertiary/aromatic N) is 2. The van der Waals surface area contributed by atoms with Gasteiger partial charge in [-0.25, -0.2) is 9.97 Å². The number of hydrogen-bond acceptors (Lipinski definition) is 7. The zero-order valence-corrected chi connectivity index (χ0v) is 15.5. The predicted molar refractivity (Wildman–Crippen MR) is 101 cm³/mol. The molecule has 0 atom stereocenters. The first-order valence-electron chi connectivity index (χ1n) is 7.68. The van der Waals surface area contributed by atoms with Crippen LogP contribution in [0.15, 0.2) is 35.0 Å². The Morgan fingerprint density at radius 1 is 1.15 bits per heavy atom. The number of ether oxygens (including phenoxy) is 1. The van der Waals surface area contributed by atoms with E-state index in [0.717, 1.165) is 10.7 Å². The van der Waals surface area contributed by atoms with Crippen molar-refractivity contribution in [1.82, 2.24) is 9.97 Å². The van der Waals surface area contributed by atoms with Crippen LogP contribution in [0.5, 0.6) is 5.75 Å². The van der Waals surface area contributed by atoms with E-state index in [2.05, 4.69) is 15.3 Å². The minimum Gasteiger partial charge on any atom is -0.486 e. The number of anilines is 1. The minimum absolute atomic E-state index is 0.0408. The highest BCUT2D eigenvalue weighted by atomic mass is 32.1. The maximum atomic E-state index is 12.6. The summed E-state index contributed by atoms with van der Waals surface area (Å²) in [5.74, 6) is -0.344. The van der Waals surface area contributed by atoms with Crippen molar-refractivity contribution in [3.05, 3.63) is 57.0 Å². The molecule has 0 spiro atoms. The van der Waals surface area contributed by atoms with Gasteiger partial charge in [0.15, 0.2) is 5.13 Å². The first kappa shape index (κ1) is 18.0. The summed E-state index contributed by atoms with van der Waals surface area (Å²) in [6.07, 6.45) is 0.0408. The minimum atomic E-state index is -0.468. The van der Waals surface area contributed by atoms with Gasteiger partial charge in [0.1, 0.15) is 12.4 Å². The van der Waals surface area contributed by atoms with Crippen LogP contribution in [0.1, 0.15) is 26.8 Å². The third-order valence-corrected chi connectivity index (χ3v) is 4.93. The molecule has 0 radical (unpaired) electrons. The van der Waals surface area contributed by atoms with Gasteiger partial charge in [-0.2, -0.15) is 0 Å². The number of para-hydroxylation sites is 1. The van der Waals surface area contributed by atoms with Crippen LogP contribution in [0.4, 0.5) is 5.13 Å². The van der Waals surface area contributed by atoms with Gasteiger partial charge in [-0.15, -0.1) is 22.7 Å². The molecule has 26 heavy (non-hydrogen) atoms. The maximum Gasteiger partial charge on any atom is 0.261 e. The lowest BCUT2D eigenvalue weighted by molar-refractivity contribution is -0.117. The van der Waals surface area contributed by atoms with Gasteiger partial charge in [0, 0.05) is 10.8 Å². The van der Waals surface area contributed by atoms with Crippen LogP contribution in [-0.4, -0.2) is 21.8 Å². The van der Waals surface area contributed by atoms with E-state index >= 15 is 0 Å². The summed E-state index contributed by atoms with van der Waals surface area (Å²) < 4.78 is 5.76. The van der Waals surface area contributed by atoms with Gasteiger partial charge in [0.05, 0.1) is 28.4 Å². The highest BCUT2D eigenvalue weighted by Gasteiger charge is 2.15. The van der Waals surface area contributed by atoms with Crippen molar-refractivity contribution in [2.24, 2.45) is 5.73 Å². The largest absolute Gasteiger partial charge is 0.486 e. The van der Waals surface area contributed by atoms with Gasteiger partial charge in [-0.05, 0) is 19.1 Å². The Bertz CT molecular complexity index is 935. The van der Waals surface area contributed by atoms with Gasteiger partial charge in [-0.3, -0.25) is 14.9 Å². The molecule has 2 aromatic heterocycles. The quantitative estimate of drug-likeness (QED) is 0.647. The molecule has 0 unspecified atom stereocenters. The van der Waals surface area contributed by atoms with Crippen LogP contribution in [0.3, 0.4) is 0 Å². The highest BCUT2D eigenvalue weighted by molar-refractivity contribution is 7.14. The summed E-state index contributed by atoms with van der Waals surface area (Å²) in [6, 6.07) is 6.96. The van der Waals surface area contributed by atoms with Gasteiger partial charge in [-0.1, -0.05) is 12.1 Å². The maximum absolute atomic E-state index is 12.6. The summed E-state index contributed by atoms with van der Waals surface area (Å²) in [7, 11) is 0. The standard InChI is InChI=1S/C17H16N4O3S2/c1-10-19-12(9-25-10)7-24-14-5-3-2-4-13(14)16(23)21-17-20-11(8-26-17)6-15(18)22/h2-5,8-9H,6-7H2,1H3,(H2,18,22)(H,20,21,23). The van der Waals surface area contributed by atoms with E-state index in [1.807, 2.05) is 12.3 Å². The molecule has 0 bridgehead atoms. The van der Waals surface area contributed by atoms with Gasteiger partial charge < -0.3 is 10.5 Å². The normalized spacial score (nSPS) is 10.5. The zero-order chi connectivity index (χ0) is 18.5. The summed E-state index contributed by atoms with van der Waals surface area (Å²) in [5, 5.41) is 7.69. The van der Waals surface area contributed by atoms with Crippen molar-refractivity contribution in [3.63, 3.8) is 0 Å². The van der Waals surface area contributed by atoms with Gasteiger partial charge in [0.25, 0.3) is 5.91 Å². The lowest BCUT2D eigenvalue weighted by Gasteiger charge is -2.10. The molecule has 2 heterocycles. The number of rotatable bonds is 7. The van der Waals surface area contributed by atoms with Crippen LogP contribution in [0.2, 0.25) is 0 Å². The number of aryl methyl sites for hydroxylation is 1. The topological polar surface area (TPSA) is 107 Å². The van der Waals surface area contributed by atoms with E-state index in [-0.39, 0.29) is 18.9 Å². The molecular formula is C17H16N4O3S2. The molecule has 0 aliphatic rings. The van der Waals surface area contributed by atoms with Crippen molar-refractivity contribution in [3.8, 4) is 5.75 Å². The first-order chi connectivity index (χ1) is 12.5. The van der Waals surface area contributed by atoms with Crippen molar-refractivity contribution >= 4 is 39.6 Å². The molecule has 3 aromatic rings. The third-order valence-electron chi connectivity index (χ3n) is 3.30. The number of benzene rings is 1. The molecule has 134 valence electrons. The lowest BCUT2D eigenvalue weighted by Crippen LogP contribution is -2.15. The average Bonchev–Trinajstić information content (AvgIpc) is 3.21. The summed E-state index contributed by atoms with van der Waals surface area (Å²) in [5.41, 5.74) is 6.89. The first-order valence-corrected chi connectivity index (χ1v) is 9.44. The summed E-state index contributed by atoms with van der Waals surface area (Å²) in [6.45, 7) is 2.21.